The molecule has 72 valence electrons. The highest BCUT2D eigenvalue weighted by molar-refractivity contribution is 7.88. The summed E-state index contributed by atoms with van der Waals surface area (Å²) in [6.07, 6.45) is 2.06. The van der Waals surface area contributed by atoms with E-state index in [1.165, 1.54) is 10.6 Å². The molecule has 1 atom stereocenters. The second kappa shape index (κ2) is 3.72. The van der Waals surface area contributed by atoms with Gasteiger partial charge in [-0.25, -0.2) is 8.42 Å². The summed E-state index contributed by atoms with van der Waals surface area (Å²) < 4.78 is 29.2. The van der Waals surface area contributed by atoms with E-state index in [9.17, 15) is 8.42 Å². The fraction of sp³-hybridized carbons (Fsp3) is 1.00. The standard InChI is InChI=1S/C7H15NO3S/c1-3-7-6-11-5-4-8(7)12(2,9)10/h7H,3-6H2,1-2H3/t7-/m1/s1. The van der Waals surface area contributed by atoms with E-state index in [0.29, 0.717) is 19.8 Å². The van der Waals surface area contributed by atoms with Gasteiger partial charge in [0, 0.05) is 12.6 Å². The van der Waals surface area contributed by atoms with Crippen LogP contribution in [0, 0.1) is 0 Å². The maximum atomic E-state index is 11.2. The highest BCUT2D eigenvalue weighted by Crippen LogP contribution is 2.13. The van der Waals surface area contributed by atoms with Gasteiger partial charge in [0.05, 0.1) is 19.5 Å². The van der Waals surface area contributed by atoms with Crippen LogP contribution in [0.25, 0.3) is 0 Å². The van der Waals surface area contributed by atoms with Gasteiger partial charge in [-0.05, 0) is 6.42 Å². The van der Waals surface area contributed by atoms with Gasteiger partial charge in [0.2, 0.25) is 10.0 Å². The van der Waals surface area contributed by atoms with Crippen molar-refractivity contribution in [3.63, 3.8) is 0 Å². The summed E-state index contributed by atoms with van der Waals surface area (Å²) in [5.41, 5.74) is 0. The Bertz CT molecular complexity index is 237. The van der Waals surface area contributed by atoms with Crippen molar-refractivity contribution in [1.82, 2.24) is 4.31 Å². The van der Waals surface area contributed by atoms with Crippen molar-refractivity contribution in [3.05, 3.63) is 0 Å². The average Bonchev–Trinajstić information content (AvgIpc) is 2.03. The molecule has 12 heavy (non-hydrogen) atoms. The summed E-state index contributed by atoms with van der Waals surface area (Å²) >= 11 is 0. The first-order chi connectivity index (χ1) is 5.55. The topological polar surface area (TPSA) is 46.6 Å². The summed E-state index contributed by atoms with van der Waals surface area (Å²) in [6.45, 7) is 3.52. The Labute approximate surface area is 73.6 Å². The number of ether oxygens (including phenoxy) is 1. The van der Waals surface area contributed by atoms with Gasteiger partial charge in [-0.15, -0.1) is 0 Å². The van der Waals surface area contributed by atoms with E-state index in [0.717, 1.165) is 6.42 Å². The molecule has 0 bridgehead atoms. The lowest BCUT2D eigenvalue weighted by atomic mass is 10.2. The predicted molar refractivity (Wildman–Crippen MR) is 46.4 cm³/mol. The van der Waals surface area contributed by atoms with Crippen molar-refractivity contribution >= 4 is 10.0 Å². The second-order valence-corrected chi connectivity index (χ2v) is 4.95. The first-order valence-electron chi connectivity index (χ1n) is 4.10. The SMILES string of the molecule is CC[C@@H]1COCCN1S(C)(=O)=O. The van der Waals surface area contributed by atoms with E-state index >= 15 is 0 Å². The predicted octanol–water partition coefficient (Wildman–Crippen LogP) is 0.0568. The third kappa shape index (κ3) is 2.18. The lowest BCUT2D eigenvalue weighted by Gasteiger charge is -2.32. The van der Waals surface area contributed by atoms with Gasteiger partial charge in [0.15, 0.2) is 0 Å². The smallest absolute Gasteiger partial charge is 0.211 e. The normalized spacial score (nSPS) is 27.3. The molecule has 0 unspecified atom stereocenters. The molecule has 0 N–H and O–H groups in total. The maximum Gasteiger partial charge on any atom is 0.211 e. The molecule has 0 aliphatic carbocycles. The van der Waals surface area contributed by atoms with Gasteiger partial charge in [-0.2, -0.15) is 4.31 Å². The minimum atomic E-state index is -3.03. The van der Waals surface area contributed by atoms with Gasteiger partial charge >= 0.3 is 0 Å². The summed E-state index contributed by atoms with van der Waals surface area (Å²) in [7, 11) is -3.03. The van der Waals surface area contributed by atoms with Crippen LogP contribution in [0.3, 0.4) is 0 Å². The summed E-state index contributed by atoms with van der Waals surface area (Å²) in [5.74, 6) is 0. The van der Waals surface area contributed by atoms with Crippen molar-refractivity contribution in [2.45, 2.75) is 19.4 Å². The van der Waals surface area contributed by atoms with Gasteiger partial charge in [0.25, 0.3) is 0 Å². The lowest BCUT2D eigenvalue weighted by Crippen LogP contribution is -2.47. The Balaban J connectivity index is 2.72. The number of rotatable bonds is 2. The van der Waals surface area contributed by atoms with Crippen LogP contribution in [-0.2, 0) is 14.8 Å². The molecule has 1 aliphatic heterocycles. The van der Waals surface area contributed by atoms with Crippen molar-refractivity contribution in [2.75, 3.05) is 26.0 Å². The van der Waals surface area contributed by atoms with Gasteiger partial charge in [-0.1, -0.05) is 6.92 Å². The summed E-state index contributed by atoms with van der Waals surface area (Å²) in [6, 6.07) is 0.0359. The first kappa shape index (κ1) is 9.95. The molecule has 1 fully saturated rings. The molecule has 0 spiro atoms. The van der Waals surface area contributed by atoms with Crippen LogP contribution in [0.5, 0.6) is 0 Å². The molecular weight excluding hydrogens is 178 g/mol. The zero-order valence-corrected chi connectivity index (χ0v) is 8.30. The Hall–Kier alpha value is -0.130. The van der Waals surface area contributed by atoms with Crippen LogP contribution in [0.15, 0.2) is 0 Å². The van der Waals surface area contributed by atoms with E-state index in [1.54, 1.807) is 0 Å². The molecule has 0 radical (unpaired) electrons. The van der Waals surface area contributed by atoms with E-state index in [2.05, 4.69) is 0 Å². The molecule has 5 heteroatoms. The lowest BCUT2D eigenvalue weighted by molar-refractivity contribution is 0.0317. The zero-order valence-electron chi connectivity index (χ0n) is 7.49. The minimum Gasteiger partial charge on any atom is -0.378 e. The number of sulfonamides is 1. The number of nitrogens with zero attached hydrogens (tertiary/aromatic N) is 1. The Morgan fingerprint density at radius 2 is 2.25 bits per heavy atom. The monoisotopic (exact) mass is 193 g/mol. The Morgan fingerprint density at radius 3 is 2.67 bits per heavy atom. The van der Waals surface area contributed by atoms with E-state index in [4.69, 9.17) is 4.74 Å². The number of hydrogen-bond acceptors (Lipinski definition) is 3. The molecule has 0 aromatic rings. The molecular formula is C7H15NO3S. The number of hydrogen-bond donors (Lipinski definition) is 0. The van der Waals surface area contributed by atoms with Gasteiger partial charge < -0.3 is 4.74 Å². The molecule has 1 rings (SSSR count). The molecule has 1 heterocycles. The molecule has 0 amide bonds. The zero-order chi connectivity index (χ0) is 9.19. The van der Waals surface area contributed by atoms with Crippen molar-refractivity contribution in [1.29, 1.82) is 0 Å². The van der Waals surface area contributed by atoms with E-state index in [1.807, 2.05) is 6.92 Å². The maximum absolute atomic E-state index is 11.2. The van der Waals surface area contributed by atoms with Gasteiger partial charge in [0.1, 0.15) is 0 Å². The van der Waals surface area contributed by atoms with Crippen molar-refractivity contribution in [2.24, 2.45) is 0 Å². The van der Waals surface area contributed by atoms with Crippen LogP contribution < -0.4 is 0 Å². The molecule has 1 saturated heterocycles. The molecule has 0 saturated carbocycles. The third-order valence-corrected chi connectivity index (χ3v) is 3.40. The largest absolute Gasteiger partial charge is 0.378 e. The van der Waals surface area contributed by atoms with Crippen molar-refractivity contribution < 1.29 is 13.2 Å². The molecule has 1 aliphatic rings. The fourth-order valence-electron chi connectivity index (χ4n) is 1.40. The Kier molecular flexibility index (Phi) is 3.09. The van der Waals surface area contributed by atoms with Crippen LogP contribution in [-0.4, -0.2) is 44.8 Å². The molecule has 0 aromatic heterocycles. The molecule has 4 nitrogen and oxygen atoms in total. The summed E-state index contributed by atoms with van der Waals surface area (Å²) in [5, 5.41) is 0. The quantitative estimate of drug-likeness (QED) is 0.623. The highest BCUT2D eigenvalue weighted by atomic mass is 32.2. The second-order valence-electron chi connectivity index (χ2n) is 3.01. The van der Waals surface area contributed by atoms with E-state index in [-0.39, 0.29) is 6.04 Å². The van der Waals surface area contributed by atoms with Gasteiger partial charge in [-0.3, -0.25) is 0 Å². The van der Waals surface area contributed by atoms with Crippen LogP contribution in [0.2, 0.25) is 0 Å². The minimum absolute atomic E-state index is 0.0359. The average molecular weight is 193 g/mol. The van der Waals surface area contributed by atoms with Crippen LogP contribution in [0.4, 0.5) is 0 Å². The Morgan fingerprint density at radius 1 is 1.58 bits per heavy atom. The third-order valence-electron chi connectivity index (χ3n) is 2.07. The molecule has 0 aromatic carbocycles. The van der Waals surface area contributed by atoms with Crippen molar-refractivity contribution in [3.8, 4) is 0 Å². The fourth-order valence-corrected chi connectivity index (χ4v) is 2.56. The highest BCUT2D eigenvalue weighted by Gasteiger charge is 2.28. The summed E-state index contributed by atoms with van der Waals surface area (Å²) in [4.78, 5) is 0. The van der Waals surface area contributed by atoms with E-state index < -0.39 is 10.0 Å². The van der Waals surface area contributed by atoms with Crippen LogP contribution >= 0.6 is 0 Å². The van der Waals surface area contributed by atoms with Crippen LogP contribution in [0.1, 0.15) is 13.3 Å². The first-order valence-corrected chi connectivity index (χ1v) is 5.95. The number of morpholine rings is 1.